The zero-order valence-corrected chi connectivity index (χ0v) is 20.4. The third-order valence-corrected chi connectivity index (χ3v) is 7.37. The molecule has 2 aliphatic rings. The van der Waals surface area contributed by atoms with Crippen LogP contribution in [0.15, 0.2) is 60.9 Å². The number of carbonyl (C=O) groups is 1. The Bertz CT molecular complexity index is 1120. The third kappa shape index (κ3) is 4.76. The van der Waals surface area contributed by atoms with Gasteiger partial charge in [0, 0.05) is 50.7 Å². The first-order valence-corrected chi connectivity index (χ1v) is 12.1. The summed E-state index contributed by atoms with van der Waals surface area (Å²) in [6, 6.07) is 16.3. The summed E-state index contributed by atoms with van der Waals surface area (Å²) in [4.78, 5) is 20.4. The van der Waals surface area contributed by atoms with Crippen molar-refractivity contribution in [3.8, 4) is 16.9 Å². The molecule has 2 amide bonds. The van der Waals surface area contributed by atoms with Crippen LogP contribution in [0.4, 0.5) is 10.5 Å². The lowest BCUT2D eigenvalue weighted by atomic mass is 9.86. The lowest BCUT2D eigenvalue weighted by Crippen LogP contribution is -2.54. The van der Waals surface area contributed by atoms with E-state index in [4.69, 9.17) is 9.47 Å². The van der Waals surface area contributed by atoms with Crippen LogP contribution in [-0.4, -0.2) is 78.6 Å². The first kappa shape index (κ1) is 23.4. The number of hydrogen-bond donors (Lipinski definition) is 1. The summed E-state index contributed by atoms with van der Waals surface area (Å²) in [6.45, 7) is 4.83. The minimum atomic E-state index is -0.201. The van der Waals surface area contributed by atoms with Crippen molar-refractivity contribution in [1.82, 2.24) is 20.0 Å². The fraction of sp³-hybridized carbons (Fsp3) is 0.407. The highest BCUT2D eigenvalue weighted by molar-refractivity contribution is 5.95. The number of aromatic amines is 1. The minimum Gasteiger partial charge on any atom is -0.497 e. The molecule has 8 nitrogen and oxygen atoms in total. The zero-order valence-electron chi connectivity index (χ0n) is 20.4. The van der Waals surface area contributed by atoms with Crippen LogP contribution >= 0.6 is 0 Å². The van der Waals surface area contributed by atoms with Gasteiger partial charge in [-0.3, -0.25) is 10.00 Å². The Kier molecular flexibility index (Phi) is 6.74. The van der Waals surface area contributed by atoms with E-state index in [2.05, 4.69) is 38.2 Å². The number of aromatic nitrogens is 2. The second kappa shape index (κ2) is 10.1. The lowest BCUT2D eigenvalue weighted by molar-refractivity contribution is 0.0583. The molecule has 0 aliphatic carbocycles. The maximum atomic E-state index is 13.9. The highest BCUT2D eigenvalue weighted by Crippen LogP contribution is 2.40. The molecule has 35 heavy (non-hydrogen) atoms. The van der Waals surface area contributed by atoms with E-state index in [0.717, 1.165) is 67.2 Å². The second-order valence-electron chi connectivity index (χ2n) is 9.40. The smallest absolute Gasteiger partial charge is 0.325 e. The lowest BCUT2D eigenvalue weighted by Gasteiger charge is -2.43. The fourth-order valence-corrected chi connectivity index (χ4v) is 5.27. The normalized spacial score (nSPS) is 17.9. The number of carbonyl (C=O) groups excluding carboxylic acids is 1. The predicted molar refractivity (Wildman–Crippen MR) is 136 cm³/mol. The van der Waals surface area contributed by atoms with Crippen LogP contribution in [-0.2, 0) is 11.3 Å². The number of rotatable bonds is 8. The van der Waals surface area contributed by atoms with Crippen molar-refractivity contribution >= 4 is 11.7 Å². The molecule has 184 valence electrons. The Morgan fingerprint density at radius 3 is 2.54 bits per heavy atom. The van der Waals surface area contributed by atoms with Crippen LogP contribution in [0.1, 0.15) is 18.4 Å². The molecule has 0 saturated carbocycles. The topological polar surface area (TPSA) is 73.9 Å². The van der Waals surface area contributed by atoms with Crippen LogP contribution in [0.2, 0.25) is 0 Å². The number of H-pyrrole nitrogens is 1. The molecular weight excluding hydrogens is 442 g/mol. The molecule has 0 bridgehead atoms. The van der Waals surface area contributed by atoms with E-state index < -0.39 is 0 Å². The summed E-state index contributed by atoms with van der Waals surface area (Å²) >= 11 is 0. The Hall–Kier alpha value is -3.36. The number of methoxy groups -OCH3 is 2. The van der Waals surface area contributed by atoms with Crippen molar-refractivity contribution in [3.05, 3.63) is 66.5 Å². The molecule has 0 radical (unpaired) electrons. The first-order chi connectivity index (χ1) is 17.1. The predicted octanol–water partition coefficient (Wildman–Crippen LogP) is 4.01. The molecule has 2 aromatic carbocycles. The SMILES string of the molecule is COCCN1CCC2(CC1)CN(c1ccc(-c3cn[nH]c3)cc1)C(=O)N2Cc1cccc(OC)c1. The third-order valence-electron chi connectivity index (χ3n) is 7.37. The van der Waals surface area contributed by atoms with E-state index in [9.17, 15) is 4.79 Å². The van der Waals surface area contributed by atoms with Gasteiger partial charge in [0.25, 0.3) is 0 Å². The van der Waals surface area contributed by atoms with Gasteiger partial charge in [-0.25, -0.2) is 4.79 Å². The van der Waals surface area contributed by atoms with E-state index in [0.29, 0.717) is 13.1 Å². The van der Waals surface area contributed by atoms with Crippen molar-refractivity contribution in [2.45, 2.75) is 24.9 Å². The first-order valence-electron chi connectivity index (χ1n) is 12.1. The summed E-state index contributed by atoms with van der Waals surface area (Å²) in [6.07, 6.45) is 5.56. The summed E-state index contributed by atoms with van der Waals surface area (Å²) in [5, 5.41) is 6.89. The molecule has 5 rings (SSSR count). The summed E-state index contributed by atoms with van der Waals surface area (Å²) in [7, 11) is 3.42. The molecule has 1 aromatic heterocycles. The molecule has 1 N–H and O–H groups in total. The van der Waals surface area contributed by atoms with Gasteiger partial charge in [0.15, 0.2) is 0 Å². The maximum absolute atomic E-state index is 13.9. The summed E-state index contributed by atoms with van der Waals surface area (Å²) in [5.74, 6) is 0.810. The van der Waals surface area contributed by atoms with Gasteiger partial charge in [0.05, 0.1) is 32.0 Å². The fourth-order valence-electron chi connectivity index (χ4n) is 5.27. The number of benzene rings is 2. The number of likely N-dealkylation sites (tertiary alicyclic amines) is 1. The number of amides is 2. The van der Waals surface area contributed by atoms with Gasteiger partial charge in [-0.2, -0.15) is 5.10 Å². The van der Waals surface area contributed by atoms with Crippen LogP contribution in [0.3, 0.4) is 0 Å². The van der Waals surface area contributed by atoms with Crippen molar-refractivity contribution in [2.75, 3.05) is 51.9 Å². The van der Waals surface area contributed by atoms with E-state index in [-0.39, 0.29) is 11.6 Å². The number of urea groups is 1. The molecule has 0 unspecified atom stereocenters. The van der Waals surface area contributed by atoms with Crippen LogP contribution < -0.4 is 9.64 Å². The highest BCUT2D eigenvalue weighted by Gasteiger charge is 2.51. The van der Waals surface area contributed by atoms with Crippen LogP contribution in [0.25, 0.3) is 11.1 Å². The van der Waals surface area contributed by atoms with E-state index >= 15 is 0 Å². The van der Waals surface area contributed by atoms with Gasteiger partial charge in [-0.05, 0) is 48.2 Å². The monoisotopic (exact) mass is 475 g/mol. The molecule has 1 spiro atoms. The molecule has 8 heteroatoms. The van der Waals surface area contributed by atoms with Crippen molar-refractivity contribution < 1.29 is 14.3 Å². The van der Waals surface area contributed by atoms with Crippen molar-refractivity contribution in [2.24, 2.45) is 0 Å². The minimum absolute atomic E-state index is 0.0641. The molecule has 3 aromatic rings. The standard InChI is InChI=1S/C27H33N5O3/c1-34-15-14-30-12-10-27(11-13-30)20-31(24-8-6-22(7-9-24)23-17-28-29-18-23)26(33)32(27)19-21-4-3-5-25(16-21)35-2/h3-9,16-18H,10-15,19-20H2,1-2H3,(H,28,29). The van der Waals surface area contributed by atoms with Gasteiger partial charge in [-0.1, -0.05) is 24.3 Å². The molecule has 2 saturated heterocycles. The van der Waals surface area contributed by atoms with Crippen molar-refractivity contribution in [1.29, 1.82) is 0 Å². The molecule has 2 aliphatic heterocycles. The number of anilines is 1. The van der Waals surface area contributed by atoms with Gasteiger partial charge >= 0.3 is 6.03 Å². The van der Waals surface area contributed by atoms with E-state index in [1.807, 2.05) is 41.4 Å². The average Bonchev–Trinajstić information content (AvgIpc) is 3.53. The van der Waals surface area contributed by atoms with Gasteiger partial charge in [-0.15, -0.1) is 0 Å². The van der Waals surface area contributed by atoms with Crippen LogP contribution in [0.5, 0.6) is 5.75 Å². The van der Waals surface area contributed by atoms with Gasteiger partial charge < -0.3 is 19.3 Å². The molecule has 0 atom stereocenters. The summed E-state index contributed by atoms with van der Waals surface area (Å²) < 4.78 is 10.7. The van der Waals surface area contributed by atoms with E-state index in [1.54, 1.807) is 20.4 Å². The quantitative estimate of drug-likeness (QED) is 0.533. The number of hydrogen-bond acceptors (Lipinski definition) is 5. The van der Waals surface area contributed by atoms with E-state index in [1.165, 1.54) is 0 Å². The number of ether oxygens (including phenoxy) is 2. The Balaban J connectivity index is 1.40. The Morgan fingerprint density at radius 1 is 1.06 bits per heavy atom. The summed E-state index contributed by atoms with van der Waals surface area (Å²) in [5.41, 5.74) is 3.91. The average molecular weight is 476 g/mol. The number of nitrogens with one attached hydrogen (secondary N) is 1. The molecule has 2 fully saturated rings. The van der Waals surface area contributed by atoms with Crippen molar-refractivity contribution in [3.63, 3.8) is 0 Å². The van der Waals surface area contributed by atoms with Gasteiger partial charge in [0.1, 0.15) is 5.75 Å². The maximum Gasteiger partial charge on any atom is 0.325 e. The van der Waals surface area contributed by atoms with Crippen LogP contribution in [0, 0.1) is 0 Å². The number of piperidine rings is 1. The largest absolute Gasteiger partial charge is 0.497 e. The number of nitrogens with zero attached hydrogens (tertiary/aromatic N) is 4. The Labute approximate surface area is 206 Å². The Morgan fingerprint density at radius 2 is 1.86 bits per heavy atom. The van der Waals surface area contributed by atoms with Gasteiger partial charge in [0.2, 0.25) is 0 Å². The molecule has 3 heterocycles. The zero-order chi connectivity index (χ0) is 24.3. The highest BCUT2D eigenvalue weighted by atomic mass is 16.5. The molecular formula is C27H33N5O3. The second-order valence-corrected chi connectivity index (χ2v) is 9.40.